The molecule has 174 valence electrons. The Morgan fingerprint density at radius 3 is 2.41 bits per heavy atom. The SMILES string of the molecule is CCC(C)NC(=O)C(C)N(Cc1ccccc1F)C(=O)COc1ccc(C(C)C)cc1Br. The molecule has 0 saturated heterocycles. The van der Waals surface area contributed by atoms with Gasteiger partial charge in [0.2, 0.25) is 5.91 Å². The van der Waals surface area contributed by atoms with Gasteiger partial charge in [-0.3, -0.25) is 9.59 Å². The summed E-state index contributed by atoms with van der Waals surface area (Å²) in [5.41, 5.74) is 1.48. The molecule has 2 unspecified atom stereocenters. The lowest BCUT2D eigenvalue weighted by atomic mass is 10.0. The molecule has 32 heavy (non-hydrogen) atoms. The molecule has 7 heteroatoms. The van der Waals surface area contributed by atoms with Crippen LogP contribution in [0.3, 0.4) is 0 Å². The predicted octanol–water partition coefficient (Wildman–Crippen LogP) is 5.42. The average Bonchev–Trinajstić information content (AvgIpc) is 2.76. The maximum absolute atomic E-state index is 14.3. The molecule has 0 bridgehead atoms. The van der Waals surface area contributed by atoms with Crippen molar-refractivity contribution >= 4 is 27.7 Å². The molecule has 0 heterocycles. The molecule has 0 aromatic heterocycles. The highest BCUT2D eigenvalue weighted by Gasteiger charge is 2.28. The fraction of sp³-hybridized carbons (Fsp3) is 0.440. The summed E-state index contributed by atoms with van der Waals surface area (Å²) in [6.07, 6.45) is 0.767. The number of carbonyl (C=O) groups is 2. The third-order valence-electron chi connectivity index (χ3n) is 5.44. The van der Waals surface area contributed by atoms with E-state index in [9.17, 15) is 14.0 Å². The number of ether oxygens (including phenoxy) is 1. The molecule has 0 saturated carbocycles. The molecule has 2 rings (SSSR count). The van der Waals surface area contributed by atoms with Crippen LogP contribution in [-0.4, -0.2) is 35.4 Å². The van der Waals surface area contributed by atoms with Crippen LogP contribution in [0.5, 0.6) is 5.75 Å². The number of hydrogen-bond acceptors (Lipinski definition) is 3. The van der Waals surface area contributed by atoms with Crippen molar-refractivity contribution in [2.75, 3.05) is 6.61 Å². The van der Waals surface area contributed by atoms with Crippen molar-refractivity contribution in [1.82, 2.24) is 10.2 Å². The standard InChI is InChI=1S/C25H32BrFN2O3/c1-6-17(4)28-25(31)18(5)29(14-20-9-7-8-10-22(20)27)24(30)15-32-23-12-11-19(16(2)3)13-21(23)26/h7-13,16-18H,6,14-15H2,1-5H3,(H,28,31). The van der Waals surface area contributed by atoms with Gasteiger partial charge >= 0.3 is 0 Å². The molecule has 0 aliphatic heterocycles. The molecule has 0 aliphatic rings. The Bertz CT molecular complexity index is 935. The normalized spacial score (nSPS) is 12.9. The third-order valence-corrected chi connectivity index (χ3v) is 6.06. The van der Waals surface area contributed by atoms with E-state index in [0.717, 1.165) is 16.5 Å². The summed E-state index contributed by atoms with van der Waals surface area (Å²) in [6.45, 7) is 9.40. The zero-order valence-corrected chi connectivity index (χ0v) is 20.9. The van der Waals surface area contributed by atoms with Crippen LogP contribution in [-0.2, 0) is 16.1 Å². The van der Waals surface area contributed by atoms with Gasteiger partial charge in [0.1, 0.15) is 17.6 Å². The van der Waals surface area contributed by atoms with Gasteiger partial charge in [-0.25, -0.2) is 4.39 Å². The Kier molecular flexibility index (Phi) is 9.69. The van der Waals surface area contributed by atoms with Crippen molar-refractivity contribution in [2.24, 2.45) is 0 Å². The number of rotatable bonds is 10. The Morgan fingerprint density at radius 1 is 1.12 bits per heavy atom. The summed E-state index contributed by atoms with van der Waals surface area (Å²) < 4.78 is 20.8. The molecule has 2 aromatic carbocycles. The third kappa shape index (κ3) is 7.05. The summed E-state index contributed by atoms with van der Waals surface area (Å²) in [4.78, 5) is 27.2. The summed E-state index contributed by atoms with van der Waals surface area (Å²) in [6, 6.07) is 11.2. The summed E-state index contributed by atoms with van der Waals surface area (Å²) in [5.74, 6) is -0.215. The molecule has 0 spiro atoms. The number of nitrogens with zero attached hydrogens (tertiary/aromatic N) is 1. The Hall–Kier alpha value is -2.41. The minimum absolute atomic E-state index is 0.0259. The van der Waals surface area contributed by atoms with Crippen molar-refractivity contribution in [3.8, 4) is 5.75 Å². The fourth-order valence-corrected chi connectivity index (χ4v) is 3.58. The van der Waals surface area contributed by atoms with E-state index in [0.29, 0.717) is 17.2 Å². The van der Waals surface area contributed by atoms with E-state index < -0.39 is 17.8 Å². The second-order valence-corrected chi connectivity index (χ2v) is 9.09. The van der Waals surface area contributed by atoms with Gasteiger partial charge in [-0.05, 0) is 65.9 Å². The number of hydrogen-bond donors (Lipinski definition) is 1. The van der Waals surface area contributed by atoms with E-state index in [1.54, 1.807) is 25.1 Å². The first kappa shape index (κ1) is 25.8. The van der Waals surface area contributed by atoms with Gasteiger partial charge in [-0.15, -0.1) is 0 Å². The Balaban J connectivity index is 2.19. The molecule has 2 amide bonds. The average molecular weight is 507 g/mol. The Morgan fingerprint density at radius 2 is 1.81 bits per heavy atom. The molecule has 2 atom stereocenters. The quantitative estimate of drug-likeness (QED) is 0.467. The highest BCUT2D eigenvalue weighted by Crippen LogP contribution is 2.29. The van der Waals surface area contributed by atoms with Crippen LogP contribution in [0.1, 0.15) is 58.1 Å². The molecule has 2 aromatic rings. The van der Waals surface area contributed by atoms with Gasteiger partial charge in [0, 0.05) is 18.2 Å². The number of benzene rings is 2. The van der Waals surface area contributed by atoms with E-state index in [1.165, 1.54) is 11.0 Å². The van der Waals surface area contributed by atoms with Crippen LogP contribution >= 0.6 is 15.9 Å². The first-order chi connectivity index (χ1) is 15.1. The van der Waals surface area contributed by atoms with Crippen LogP contribution in [0.4, 0.5) is 4.39 Å². The smallest absolute Gasteiger partial charge is 0.261 e. The van der Waals surface area contributed by atoms with Crippen molar-refractivity contribution in [1.29, 1.82) is 0 Å². The molecule has 0 radical (unpaired) electrons. The second-order valence-electron chi connectivity index (χ2n) is 8.24. The maximum Gasteiger partial charge on any atom is 0.261 e. The highest BCUT2D eigenvalue weighted by molar-refractivity contribution is 9.10. The minimum Gasteiger partial charge on any atom is -0.483 e. The lowest BCUT2D eigenvalue weighted by molar-refractivity contribution is -0.142. The van der Waals surface area contributed by atoms with Crippen LogP contribution in [0, 0.1) is 5.82 Å². The topological polar surface area (TPSA) is 58.6 Å². The van der Waals surface area contributed by atoms with Crippen LogP contribution in [0.15, 0.2) is 46.9 Å². The summed E-state index contributed by atoms with van der Waals surface area (Å²) in [7, 11) is 0. The van der Waals surface area contributed by atoms with E-state index in [2.05, 4.69) is 35.1 Å². The molecule has 5 nitrogen and oxygen atoms in total. The van der Waals surface area contributed by atoms with Crippen LogP contribution in [0.25, 0.3) is 0 Å². The maximum atomic E-state index is 14.3. The number of amides is 2. The number of carbonyl (C=O) groups excluding carboxylic acids is 2. The largest absolute Gasteiger partial charge is 0.483 e. The zero-order chi connectivity index (χ0) is 23.8. The van der Waals surface area contributed by atoms with Crippen molar-refractivity contribution in [2.45, 2.75) is 65.6 Å². The van der Waals surface area contributed by atoms with Gasteiger partial charge in [0.15, 0.2) is 6.61 Å². The van der Waals surface area contributed by atoms with E-state index >= 15 is 0 Å². The van der Waals surface area contributed by atoms with Crippen molar-refractivity contribution in [3.05, 3.63) is 63.9 Å². The van der Waals surface area contributed by atoms with Crippen molar-refractivity contribution in [3.63, 3.8) is 0 Å². The van der Waals surface area contributed by atoms with Gasteiger partial charge in [-0.2, -0.15) is 0 Å². The predicted molar refractivity (Wildman–Crippen MR) is 128 cm³/mol. The Labute approximate surface area is 198 Å². The number of nitrogens with one attached hydrogen (secondary N) is 1. The zero-order valence-electron chi connectivity index (χ0n) is 19.3. The van der Waals surface area contributed by atoms with Crippen molar-refractivity contribution < 1.29 is 18.7 Å². The van der Waals surface area contributed by atoms with E-state index in [1.807, 2.05) is 32.0 Å². The monoisotopic (exact) mass is 506 g/mol. The lowest BCUT2D eigenvalue weighted by Gasteiger charge is -2.29. The van der Waals surface area contributed by atoms with Crippen LogP contribution < -0.4 is 10.1 Å². The van der Waals surface area contributed by atoms with E-state index in [-0.39, 0.29) is 25.1 Å². The summed E-state index contributed by atoms with van der Waals surface area (Å²) >= 11 is 3.49. The van der Waals surface area contributed by atoms with E-state index in [4.69, 9.17) is 4.74 Å². The van der Waals surface area contributed by atoms with Crippen LogP contribution in [0.2, 0.25) is 0 Å². The minimum atomic E-state index is -0.786. The van der Waals surface area contributed by atoms with Gasteiger partial charge < -0.3 is 15.0 Å². The van der Waals surface area contributed by atoms with Gasteiger partial charge in [0.25, 0.3) is 5.91 Å². The second kappa shape index (κ2) is 12.0. The van der Waals surface area contributed by atoms with Gasteiger partial charge in [0.05, 0.1) is 4.47 Å². The lowest BCUT2D eigenvalue weighted by Crippen LogP contribution is -2.50. The number of halogens is 2. The first-order valence-electron chi connectivity index (χ1n) is 10.9. The molecule has 0 aliphatic carbocycles. The molecular weight excluding hydrogens is 475 g/mol. The first-order valence-corrected chi connectivity index (χ1v) is 11.7. The van der Waals surface area contributed by atoms with Gasteiger partial charge in [-0.1, -0.05) is 45.0 Å². The summed E-state index contributed by atoms with van der Waals surface area (Å²) in [5, 5.41) is 2.89. The molecular formula is C25H32BrFN2O3. The fourth-order valence-electron chi connectivity index (χ4n) is 3.07. The molecule has 0 fully saturated rings. The highest BCUT2D eigenvalue weighted by atomic mass is 79.9. The molecule has 1 N–H and O–H groups in total.